The van der Waals surface area contributed by atoms with Crippen molar-refractivity contribution in [2.24, 2.45) is 0 Å². The zero-order valence-corrected chi connectivity index (χ0v) is 7.67. The Balaban J connectivity index is 2.45. The summed E-state index contributed by atoms with van der Waals surface area (Å²) in [6, 6.07) is 0. The fraction of sp³-hybridized carbons (Fsp3) is 0.444. The van der Waals surface area contributed by atoms with E-state index in [0.717, 1.165) is 7.11 Å². The quantitative estimate of drug-likeness (QED) is 0.494. The van der Waals surface area contributed by atoms with Crippen LogP contribution in [0.2, 0.25) is 0 Å². The molecule has 0 aromatic rings. The first kappa shape index (κ1) is 10.2. The third-order valence-electron chi connectivity index (χ3n) is 2.32. The van der Waals surface area contributed by atoms with Gasteiger partial charge in [-0.05, 0) is 0 Å². The van der Waals surface area contributed by atoms with Crippen LogP contribution < -0.4 is 0 Å². The second kappa shape index (κ2) is 3.10. The smallest absolute Gasteiger partial charge is 0.416 e. The van der Waals surface area contributed by atoms with Crippen LogP contribution in [0.4, 0.5) is 13.2 Å². The fourth-order valence-electron chi connectivity index (χ4n) is 1.74. The predicted molar refractivity (Wildman–Crippen MR) is 42.9 cm³/mol. The highest BCUT2D eigenvalue weighted by Crippen LogP contribution is 2.43. The summed E-state index contributed by atoms with van der Waals surface area (Å²) < 4.78 is 47.0. The lowest BCUT2D eigenvalue weighted by atomic mass is 9.96. The van der Waals surface area contributed by atoms with Gasteiger partial charge >= 0.3 is 12.1 Å². The van der Waals surface area contributed by atoms with Crippen LogP contribution in [0.3, 0.4) is 0 Å². The van der Waals surface area contributed by atoms with Gasteiger partial charge in [0.1, 0.15) is 12.2 Å². The van der Waals surface area contributed by atoms with Gasteiger partial charge in [-0.3, -0.25) is 0 Å². The molecule has 2 heterocycles. The molecule has 0 spiro atoms. The first-order chi connectivity index (χ1) is 6.95. The largest absolute Gasteiger partial charge is 0.466 e. The van der Waals surface area contributed by atoms with Crippen molar-refractivity contribution >= 4 is 5.97 Å². The van der Waals surface area contributed by atoms with Crippen LogP contribution in [0.25, 0.3) is 0 Å². The van der Waals surface area contributed by atoms with Gasteiger partial charge in [0.25, 0.3) is 0 Å². The molecule has 2 atom stereocenters. The van der Waals surface area contributed by atoms with E-state index in [-0.39, 0.29) is 0 Å². The number of methoxy groups -OCH3 is 1. The highest BCUT2D eigenvalue weighted by molar-refractivity contribution is 5.92. The second-order valence-corrected chi connectivity index (χ2v) is 3.18. The number of ether oxygens (including phenoxy) is 2. The van der Waals surface area contributed by atoms with Gasteiger partial charge in [0.2, 0.25) is 0 Å². The summed E-state index contributed by atoms with van der Waals surface area (Å²) in [5, 5.41) is 0. The van der Waals surface area contributed by atoms with E-state index >= 15 is 0 Å². The minimum absolute atomic E-state index is 0.433. The summed E-state index contributed by atoms with van der Waals surface area (Å²) in [5.74, 6) is -0.987. The van der Waals surface area contributed by atoms with Crippen molar-refractivity contribution in [3.8, 4) is 0 Å². The molecule has 2 unspecified atom stereocenters. The van der Waals surface area contributed by atoms with E-state index in [4.69, 9.17) is 4.74 Å². The Hall–Kier alpha value is -1.30. The average molecular weight is 220 g/mol. The molecule has 0 amide bonds. The van der Waals surface area contributed by atoms with Gasteiger partial charge in [0.15, 0.2) is 0 Å². The number of esters is 1. The molecule has 82 valence electrons. The minimum Gasteiger partial charge on any atom is -0.466 e. The highest BCUT2D eigenvalue weighted by atomic mass is 19.4. The van der Waals surface area contributed by atoms with Gasteiger partial charge in [-0.25, -0.2) is 4.79 Å². The summed E-state index contributed by atoms with van der Waals surface area (Å²) in [7, 11) is 1.04. The monoisotopic (exact) mass is 220 g/mol. The van der Waals surface area contributed by atoms with Crippen LogP contribution in [-0.2, 0) is 14.3 Å². The molecule has 0 fully saturated rings. The molecule has 2 rings (SSSR count). The summed E-state index contributed by atoms with van der Waals surface area (Å²) in [5.41, 5.74) is -1.38. The van der Waals surface area contributed by atoms with Crippen LogP contribution in [-0.4, -0.2) is 31.5 Å². The molecule has 2 bridgehead atoms. The van der Waals surface area contributed by atoms with Crippen molar-refractivity contribution in [2.45, 2.75) is 18.4 Å². The number of carbonyl (C=O) groups is 1. The summed E-state index contributed by atoms with van der Waals surface area (Å²) in [6.07, 6.45) is -3.93. The molecule has 0 radical (unpaired) electrons. The van der Waals surface area contributed by atoms with Gasteiger partial charge in [-0.2, -0.15) is 13.2 Å². The van der Waals surface area contributed by atoms with Crippen LogP contribution in [0, 0.1) is 0 Å². The molecular weight excluding hydrogens is 213 g/mol. The zero-order chi connectivity index (χ0) is 11.2. The van der Waals surface area contributed by atoms with Crippen LogP contribution in [0.1, 0.15) is 0 Å². The molecule has 15 heavy (non-hydrogen) atoms. The third-order valence-corrected chi connectivity index (χ3v) is 2.32. The topological polar surface area (TPSA) is 35.5 Å². The van der Waals surface area contributed by atoms with Crippen molar-refractivity contribution < 1.29 is 27.4 Å². The maximum Gasteiger partial charge on any atom is 0.416 e. The number of alkyl halides is 3. The van der Waals surface area contributed by atoms with Crippen molar-refractivity contribution in [3.63, 3.8) is 0 Å². The van der Waals surface area contributed by atoms with E-state index in [9.17, 15) is 18.0 Å². The van der Waals surface area contributed by atoms with E-state index in [1.165, 1.54) is 12.2 Å². The normalized spacial score (nSPS) is 28.8. The molecule has 0 aliphatic carbocycles. The first-order valence-electron chi connectivity index (χ1n) is 4.18. The Morgan fingerprint density at radius 2 is 2.00 bits per heavy atom. The summed E-state index contributed by atoms with van der Waals surface area (Å²) >= 11 is 0. The van der Waals surface area contributed by atoms with Crippen LogP contribution >= 0.6 is 0 Å². The Labute approximate surface area is 83.2 Å². The maximum atomic E-state index is 12.6. The number of carbonyl (C=O) groups excluding carboxylic acids is 1. The Morgan fingerprint density at radius 3 is 2.53 bits per heavy atom. The SMILES string of the molecule is COC(=O)C1=C(C(F)(F)F)C2C=CC1O2. The minimum atomic E-state index is -4.56. The second-order valence-electron chi connectivity index (χ2n) is 3.18. The standard InChI is InChI=1S/C9H7F3O3/c1-14-8(13)6-4-2-3-5(15-4)7(6)9(10,11)12/h2-5H,1H3. The molecular formula is C9H7F3O3. The lowest BCUT2D eigenvalue weighted by Gasteiger charge is -2.14. The summed E-state index contributed by atoms with van der Waals surface area (Å²) in [4.78, 5) is 11.2. The van der Waals surface area contributed by atoms with Gasteiger partial charge < -0.3 is 9.47 Å². The molecule has 0 saturated heterocycles. The molecule has 0 aromatic carbocycles. The van der Waals surface area contributed by atoms with Gasteiger partial charge in [-0.15, -0.1) is 0 Å². The molecule has 0 saturated carbocycles. The number of hydrogen-bond acceptors (Lipinski definition) is 3. The predicted octanol–water partition coefficient (Wildman–Crippen LogP) is 1.36. The van der Waals surface area contributed by atoms with E-state index < -0.39 is 35.5 Å². The van der Waals surface area contributed by atoms with Crippen molar-refractivity contribution in [2.75, 3.05) is 7.11 Å². The molecule has 0 aromatic heterocycles. The van der Waals surface area contributed by atoms with Crippen LogP contribution in [0.5, 0.6) is 0 Å². The number of halogens is 3. The van der Waals surface area contributed by atoms with Gasteiger partial charge in [0.05, 0.1) is 18.3 Å². The van der Waals surface area contributed by atoms with Crippen molar-refractivity contribution in [1.82, 2.24) is 0 Å². The van der Waals surface area contributed by atoms with E-state index in [2.05, 4.69) is 4.74 Å². The molecule has 2 aliphatic heterocycles. The zero-order valence-electron chi connectivity index (χ0n) is 7.67. The van der Waals surface area contributed by atoms with E-state index in [0.29, 0.717) is 0 Å². The maximum absolute atomic E-state index is 12.6. The molecule has 3 nitrogen and oxygen atoms in total. The molecule has 0 N–H and O–H groups in total. The molecule has 2 aliphatic rings. The Morgan fingerprint density at radius 1 is 1.40 bits per heavy atom. The Kier molecular flexibility index (Phi) is 2.11. The van der Waals surface area contributed by atoms with E-state index in [1.807, 2.05) is 0 Å². The number of hydrogen-bond donors (Lipinski definition) is 0. The Bertz CT molecular complexity index is 367. The summed E-state index contributed by atoms with van der Waals surface area (Å²) in [6.45, 7) is 0. The van der Waals surface area contributed by atoms with Gasteiger partial charge in [0, 0.05) is 0 Å². The molecule has 6 heteroatoms. The van der Waals surface area contributed by atoms with E-state index in [1.54, 1.807) is 0 Å². The van der Waals surface area contributed by atoms with Gasteiger partial charge in [-0.1, -0.05) is 12.2 Å². The lowest BCUT2D eigenvalue weighted by molar-refractivity contribution is -0.137. The number of rotatable bonds is 1. The highest BCUT2D eigenvalue weighted by Gasteiger charge is 2.51. The fourth-order valence-corrected chi connectivity index (χ4v) is 1.74. The van der Waals surface area contributed by atoms with Crippen molar-refractivity contribution in [1.29, 1.82) is 0 Å². The number of fused-ring (bicyclic) bond motifs is 2. The van der Waals surface area contributed by atoms with Crippen LogP contribution in [0.15, 0.2) is 23.3 Å². The third kappa shape index (κ3) is 1.45. The average Bonchev–Trinajstić information content (AvgIpc) is 2.73. The first-order valence-corrected chi connectivity index (χ1v) is 4.18. The van der Waals surface area contributed by atoms with Crippen molar-refractivity contribution in [3.05, 3.63) is 23.3 Å². The lowest BCUT2D eigenvalue weighted by Crippen LogP contribution is -2.24.